The van der Waals surface area contributed by atoms with Gasteiger partial charge in [-0.1, -0.05) is 48.5 Å². The molecule has 2 nitrogen and oxygen atoms in total. The van der Waals surface area contributed by atoms with E-state index in [0.717, 1.165) is 11.3 Å². The van der Waals surface area contributed by atoms with E-state index in [1.165, 1.54) is 5.56 Å². The zero-order chi connectivity index (χ0) is 12.8. The van der Waals surface area contributed by atoms with Gasteiger partial charge in [0, 0.05) is 5.69 Å². The largest absolute Gasteiger partial charge is 0.394 e. The van der Waals surface area contributed by atoms with Gasteiger partial charge in [0.2, 0.25) is 0 Å². The second-order valence-electron chi connectivity index (χ2n) is 4.12. The molecule has 0 saturated heterocycles. The highest BCUT2D eigenvalue weighted by Gasteiger charge is 2.03. The molecule has 2 aromatic rings. The molecule has 0 aliphatic rings. The lowest BCUT2D eigenvalue weighted by Crippen LogP contribution is -2.20. The molecule has 0 amide bonds. The SMILES string of the molecule is C=CC(CO)Nc1cccc(-c2ccccc2)c1. The first-order valence-corrected chi connectivity index (χ1v) is 5.99. The molecule has 0 radical (unpaired) electrons. The van der Waals surface area contributed by atoms with E-state index in [4.69, 9.17) is 5.11 Å². The molecule has 0 aliphatic heterocycles. The minimum Gasteiger partial charge on any atom is -0.394 e. The molecule has 2 rings (SSSR count). The van der Waals surface area contributed by atoms with E-state index >= 15 is 0 Å². The van der Waals surface area contributed by atoms with E-state index in [0.29, 0.717) is 0 Å². The van der Waals surface area contributed by atoms with Crippen LogP contribution in [0.3, 0.4) is 0 Å². The maximum absolute atomic E-state index is 9.14. The molecule has 2 heteroatoms. The number of rotatable bonds is 5. The lowest BCUT2D eigenvalue weighted by atomic mass is 10.1. The van der Waals surface area contributed by atoms with Crippen LogP contribution in [0.15, 0.2) is 67.3 Å². The second kappa shape index (κ2) is 6.03. The van der Waals surface area contributed by atoms with Gasteiger partial charge in [-0.05, 0) is 23.3 Å². The molecular weight excluding hydrogens is 222 g/mol. The summed E-state index contributed by atoms with van der Waals surface area (Å²) in [6.45, 7) is 3.73. The van der Waals surface area contributed by atoms with Gasteiger partial charge in [0.05, 0.1) is 12.6 Å². The van der Waals surface area contributed by atoms with E-state index in [2.05, 4.69) is 36.2 Å². The van der Waals surface area contributed by atoms with Crippen molar-refractivity contribution in [2.24, 2.45) is 0 Å². The molecule has 0 aromatic heterocycles. The Bertz CT molecular complexity index is 508. The number of aliphatic hydroxyl groups is 1. The number of hydrogen-bond acceptors (Lipinski definition) is 2. The third-order valence-electron chi connectivity index (χ3n) is 2.80. The van der Waals surface area contributed by atoms with Crippen LogP contribution >= 0.6 is 0 Å². The summed E-state index contributed by atoms with van der Waals surface area (Å²) in [4.78, 5) is 0. The fourth-order valence-electron chi connectivity index (χ4n) is 1.81. The van der Waals surface area contributed by atoms with Crippen molar-refractivity contribution in [3.8, 4) is 11.1 Å². The molecule has 1 unspecified atom stereocenters. The Labute approximate surface area is 108 Å². The predicted molar refractivity (Wildman–Crippen MR) is 76.6 cm³/mol. The Kier molecular flexibility index (Phi) is 4.15. The van der Waals surface area contributed by atoms with Crippen LogP contribution in [-0.2, 0) is 0 Å². The van der Waals surface area contributed by atoms with Crippen molar-refractivity contribution in [2.45, 2.75) is 6.04 Å². The molecular formula is C16H17NO. The fraction of sp³-hybridized carbons (Fsp3) is 0.125. The summed E-state index contributed by atoms with van der Waals surface area (Å²) >= 11 is 0. The quantitative estimate of drug-likeness (QED) is 0.784. The Hall–Kier alpha value is -2.06. The van der Waals surface area contributed by atoms with Crippen molar-refractivity contribution in [1.29, 1.82) is 0 Å². The Balaban J connectivity index is 2.23. The third kappa shape index (κ3) is 2.99. The summed E-state index contributed by atoms with van der Waals surface area (Å²) in [5, 5.41) is 12.4. The molecule has 0 fully saturated rings. The van der Waals surface area contributed by atoms with Gasteiger partial charge < -0.3 is 10.4 Å². The molecule has 92 valence electrons. The third-order valence-corrected chi connectivity index (χ3v) is 2.80. The van der Waals surface area contributed by atoms with E-state index in [9.17, 15) is 0 Å². The van der Waals surface area contributed by atoms with Gasteiger partial charge in [-0.15, -0.1) is 6.58 Å². The first kappa shape index (κ1) is 12.4. The highest BCUT2D eigenvalue weighted by Crippen LogP contribution is 2.22. The average Bonchev–Trinajstić information content (AvgIpc) is 2.46. The Morgan fingerprint density at radius 1 is 1.06 bits per heavy atom. The number of benzene rings is 2. The summed E-state index contributed by atoms with van der Waals surface area (Å²) < 4.78 is 0. The van der Waals surface area contributed by atoms with E-state index in [-0.39, 0.29) is 12.6 Å². The van der Waals surface area contributed by atoms with Crippen molar-refractivity contribution >= 4 is 5.69 Å². The Morgan fingerprint density at radius 2 is 1.78 bits per heavy atom. The summed E-state index contributed by atoms with van der Waals surface area (Å²) in [7, 11) is 0. The zero-order valence-electron chi connectivity index (χ0n) is 10.2. The maximum Gasteiger partial charge on any atom is 0.0673 e. The summed E-state index contributed by atoms with van der Waals surface area (Å²) in [6.07, 6.45) is 1.70. The van der Waals surface area contributed by atoms with Gasteiger partial charge in [0.25, 0.3) is 0 Å². The monoisotopic (exact) mass is 239 g/mol. The van der Waals surface area contributed by atoms with Gasteiger partial charge in [-0.25, -0.2) is 0 Å². The molecule has 2 aromatic carbocycles. The van der Waals surface area contributed by atoms with Crippen LogP contribution in [0.4, 0.5) is 5.69 Å². The van der Waals surface area contributed by atoms with Crippen LogP contribution in [-0.4, -0.2) is 17.8 Å². The second-order valence-corrected chi connectivity index (χ2v) is 4.12. The number of nitrogens with one attached hydrogen (secondary N) is 1. The van der Waals surface area contributed by atoms with Crippen molar-refractivity contribution in [2.75, 3.05) is 11.9 Å². The van der Waals surface area contributed by atoms with Crippen LogP contribution < -0.4 is 5.32 Å². The van der Waals surface area contributed by atoms with Crippen LogP contribution in [0.1, 0.15) is 0 Å². The first-order chi connectivity index (χ1) is 8.83. The van der Waals surface area contributed by atoms with E-state index < -0.39 is 0 Å². The van der Waals surface area contributed by atoms with Gasteiger partial charge >= 0.3 is 0 Å². The number of anilines is 1. The number of aliphatic hydroxyl groups excluding tert-OH is 1. The lowest BCUT2D eigenvalue weighted by molar-refractivity contribution is 0.291. The predicted octanol–water partition coefficient (Wildman–Crippen LogP) is 3.31. The van der Waals surface area contributed by atoms with Crippen molar-refractivity contribution in [3.05, 3.63) is 67.3 Å². The molecule has 0 saturated carbocycles. The molecule has 0 aliphatic carbocycles. The molecule has 1 atom stereocenters. The first-order valence-electron chi connectivity index (χ1n) is 5.99. The Morgan fingerprint density at radius 3 is 2.44 bits per heavy atom. The maximum atomic E-state index is 9.14. The van der Waals surface area contributed by atoms with Crippen LogP contribution in [0.25, 0.3) is 11.1 Å². The van der Waals surface area contributed by atoms with Crippen LogP contribution in [0.5, 0.6) is 0 Å². The van der Waals surface area contributed by atoms with Crippen molar-refractivity contribution in [1.82, 2.24) is 0 Å². The van der Waals surface area contributed by atoms with Crippen molar-refractivity contribution < 1.29 is 5.11 Å². The highest BCUT2D eigenvalue weighted by atomic mass is 16.3. The molecule has 0 heterocycles. The molecule has 18 heavy (non-hydrogen) atoms. The molecule has 0 spiro atoms. The zero-order valence-corrected chi connectivity index (χ0v) is 10.2. The minimum absolute atomic E-state index is 0.0407. The van der Waals surface area contributed by atoms with Crippen molar-refractivity contribution in [3.63, 3.8) is 0 Å². The van der Waals surface area contributed by atoms with Gasteiger partial charge in [0.15, 0.2) is 0 Å². The highest BCUT2D eigenvalue weighted by molar-refractivity contribution is 5.68. The van der Waals surface area contributed by atoms with Crippen LogP contribution in [0.2, 0.25) is 0 Å². The van der Waals surface area contributed by atoms with E-state index in [1.807, 2.05) is 30.3 Å². The van der Waals surface area contributed by atoms with Gasteiger partial charge in [0.1, 0.15) is 0 Å². The number of hydrogen-bond donors (Lipinski definition) is 2. The molecule has 2 N–H and O–H groups in total. The van der Waals surface area contributed by atoms with Gasteiger partial charge in [-0.3, -0.25) is 0 Å². The standard InChI is InChI=1S/C16H17NO/c1-2-15(12-18)17-16-10-6-9-14(11-16)13-7-4-3-5-8-13/h2-11,15,17-18H,1,12H2. The topological polar surface area (TPSA) is 32.3 Å². The minimum atomic E-state index is -0.115. The van der Waals surface area contributed by atoms with Gasteiger partial charge in [-0.2, -0.15) is 0 Å². The fourth-order valence-corrected chi connectivity index (χ4v) is 1.81. The smallest absolute Gasteiger partial charge is 0.0673 e. The van der Waals surface area contributed by atoms with E-state index in [1.54, 1.807) is 6.08 Å². The molecule has 0 bridgehead atoms. The summed E-state index contributed by atoms with van der Waals surface area (Å²) in [5.41, 5.74) is 3.32. The summed E-state index contributed by atoms with van der Waals surface area (Å²) in [6, 6.07) is 18.2. The lowest BCUT2D eigenvalue weighted by Gasteiger charge is -2.14. The average molecular weight is 239 g/mol. The normalized spacial score (nSPS) is 11.8. The van der Waals surface area contributed by atoms with Crippen LogP contribution in [0, 0.1) is 0 Å². The summed E-state index contributed by atoms with van der Waals surface area (Å²) in [5.74, 6) is 0.